The van der Waals surface area contributed by atoms with E-state index in [0.29, 0.717) is 16.5 Å². The summed E-state index contributed by atoms with van der Waals surface area (Å²) in [7, 11) is -3.25. The number of carbonyl (C=O) groups excluding carboxylic acids is 1. The van der Waals surface area contributed by atoms with Gasteiger partial charge in [0.25, 0.3) is 0 Å². The first kappa shape index (κ1) is 28.3. The average Bonchev–Trinajstić information content (AvgIpc) is 3.05. The van der Waals surface area contributed by atoms with Crippen molar-refractivity contribution in [1.29, 1.82) is 5.26 Å². The molecule has 2 N–H and O–H groups in total. The second-order valence-electron chi connectivity index (χ2n) is 10.4. The Hall–Kier alpha value is -2.31. The van der Waals surface area contributed by atoms with Gasteiger partial charge in [0.15, 0.2) is 6.23 Å². The quantitative estimate of drug-likeness (QED) is 0.498. The highest BCUT2D eigenvalue weighted by molar-refractivity contribution is 7.90. The first-order valence-corrected chi connectivity index (χ1v) is 14.4. The SMILES string of the molecule is CC(C)(C)C[C@@H]1N[C@H](OC(=O)NCCS(C)(=O)=O)[C@H](c2cccc(Cl)c2)[C@@]1(C#N)c1ccc(Cl)cc1. The average molecular weight is 553 g/mol. The highest BCUT2D eigenvalue weighted by atomic mass is 35.5. The number of nitrogens with zero attached hydrogens (tertiary/aromatic N) is 1. The number of carbonyl (C=O) groups is 1. The van der Waals surface area contributed by atoms with Crippen LogP contribution in [0.15, 0.2) is 48.5 Å². The van der Waals surface area contributed by atoms with E-state index in [1.807, 2.05) is 18.2 Å². The zero-order valence-corrected chi connectivity index (χ0v) is 23.0. The summed E-state index contributed by atoms with van der Waals surface area (Å²) in [6.07, 6.45) is 0.0421. The summed E-state index contributed by atoms with van der Waals surface area (Å²) in [4.78, 5) is 12.7. The number of halogens is 2. The molecule has 0 unspecified atom stereocenters. The Morgan fingerprint density at radius 1 is 1.17 bits per heavy atom. The van der Waals surface area contributed by atoms with Crippen molar-refractivity contribution in [3.8, 4) is 6.07 Å². The van der Waals surface area contributed by atoms with Gasteiger partial charge in [-0.2, -0.15) is 5.26 Å². The van der Waals surface area contributed by atoms with Crippen LogP contribution in [0.1, 0.15) is 44.2 Å². The zero-order chi connectivity index (χ0) is 26.7. The first-order valence-electron chi connectivity index (χ1n) is 11.6. The number of alkyl carbamates (subject to hydrolysis) is 1. The molecule has 10 heteroatoms. The van der Waals surface area contributed by atoms with Gasteiger partial charge in [0.05, 0.1) is 17.7 Å². The van der Waals surface area contributed by atoms with Gasteiger partial charge >= 0.3 is 6.09 Å². The highest BCUT2D eigenvalue weighted by Gasteiger charge is 2.59. The third-order valence-electron chi connectivity index (χ3n) is 6.22. The van der Waals surface area contributed by atoms with E-state index in [1.54, 1.807) is 30.3 Å². The Morgan fingerprint density at radius 3 is 2.39 bits per heavy atom. The highest BCUT2D eigenvalue weighted by Crippen LogP contribution is 2.51. The lowest BCUT2D eigenvalue weighted by molar-refractivity contribution is 0.0750. The Kier molecular flexibility index (Phi) is 8.62. The molecule has 36 heavy (non-hydrogen) atoms. The van der Waals surface area contributed by atoms with E-state index in [-0.39, 0.29) is 23.8 Å². The molecule has 0 aromatic heterocycles. The van der Waals surface area contributed by atoms with E-state index >= 15 is 0 Å². The molecule has 7 nitrogen and oxygen atoms in total. The molecular formula is C26H31Cl2N3O4S. The maximum Gasteiger partial charge on any atom is 0.408 e. The molecule has 0 aliphatic carbocycles. The van der Waals surface area contributed by atoms with Crippen molar-refractivity contribution in [3.63, 3.8) is 0 Å². The van der Waals surface area contributed by atoms with Crippen LogP contribution in [0.2, 0.25) is 10.0 Å². The number of benzene rings is 2. The summed E-state index contributed by atoms with van der Waals surface area (Å²) in [6.45, 7) is 6.16. The number of sulfone groups is 1. The molecule has 1 aliphatic heterocycles. The van der Waals surface area contributed by atoms with Crippen molar-refractivity contribution in [2.45, 2.75) is 50.8 Å². The van der Waals surface area contributed by atoms with Crippen LogP contribution in [0.3, 0.4) is 0 Å². The lowest BCUT2D eigenvalue weighted by atomic mass is 9.64. The Morgan fingerprint density at radius 2 is 1.83 bits per heavy atom. The third-order valence-corrected chi connectivity index (χ3v) is 7.65. The van der Waals surface area contributed by atoms with Crippen LogP contribution in [0.25, 0.3) is 0 Å². The van der Waals surface area contributed by atoms with E-state index in [1.165, 1.54) is 0 Å². The number of ether oxygens (including phenoxy) is 1. The summed E-state index contributed by atoms with van der Waals surface area (Å²) < 4.78 is 28.7. The number of rotatable bonds is 7. The van der Waals surface area contributed by atoms with Crippen LogP contribution in [0, 0.1) is 16.7 Å². The van der Waals surface area contributed by atoms with Crippen LogP contribution in [-0.4, -0.2) is 45.3 Å². The van der Waals surface area contributed by atoms with Crippen molar-refractivity contribution in [2.24, 2.45) is 5.41 Å². The van der Waals surface area contributed by atoms with E-state index in [9.17, 15) is 18.5 Å². The molecule has 0 bridgehead atoms. The topological polar surface area (TPSA) is 108 Å². The van der Waals surface area contributed by atoms with Gasteiger partial charge in [0.2, 0.25) is 0 Å². The van der Waals surface area contributed by atoms with Crippen molar-refractivity contribution in [1.82, 2.24) is 10.6 Å². The van der Waals surface area contributed by atoms with E-state index < -0.39 is 33.5 Å². The molecule has 194 valence electrons. The number of amides is 1. The van der Waals surface area contributed by atoms with Gasteiger partial charge < -0.3 is 10.1 Å². The molecule has 2 aromatic rings. The van der Waals surface area contributed by atoms with Crippen LogP contribution in [0.4, 0.5) is 4.79 Å². The van der Waals surface area contributed by atoms with E-state index in [4.69, 9.17) is 27.9 Å². The van der Waals surface area contributed by atoms with Gasteiger partial charge in [-0.3, -0.25) is 5.32 Å². The van der Waals surface area contributed by atoms with E-state index in [2.05, 4.69) is 37.5 Å². The van der Waals surface area contributed by atoms with Crippen LogP contribution in [-0.2, 0) is 20.0 Å². The first-order chi connectivity index (χ1) is 16.7. The molecule has 4 atom stereocenters. The second kappa shape index (κ2) is 11.0. The molecule has 1 fully saturated rings. The molecule has 1 heterocycles. The van der Waals surface area contributed by atoms with Crippen LogP contribution < -0.4 is 10.6 Å². The van der Waals surface area contributed by atoms with Crippen molar-refractivity contribution in [3.05, 3.63) is 69.7 Å². The minimum atomic E-state index is -3.25. The molecular weight excluding hydrogens is 521 g/mol. The summed E-state index contributed by atoms with van der Waals surface area (Å²) in [5.74, 6) is -0.826. The summed E-state index contributed by atoms with van der Waals surface area (Å²) in [6, 6.07) is 16.5. The summed E-state index contributed by atoms with van der Waals surface area (Å²) >= 11 is 12.5. The molecule has 1 saturated heterocycles. The van der Waals surface area contributed by atoms with Crippen molar-refractivity contribution >= 4 is 39.1 Å². The normalized spacial score (nSPS) is 24.2. The largest absolute Gasteiger partial charge is 0.430 e. The van der Waals surface area contributed by atoms with Gasteiger partial charge in [0, 0.05) is 28.9 Å². The molecule has 1 aliphatic rings. The van der Waals surface area contributed by atoms with Crippen LogP contribution >= 0.6 is 23.2 Å². The van der Waals surface area contributed by atoms with Gasteiger partial charge in [0.1, 0.15) is 15.3 Å². The van der Waals surface area contributed by atoms with E-state index in [0.717, 1.165) is 17.4 Å². The van der Waals surface area contributed by atoms with Crippen molar-refractivity contribution in [2.75, 3.05) is 18.6 Å². The van der Waals surface area contributed by atoms with Crippen LogP contribution in [0.5, 0.6) is 0 Å². The number of nitrogens with one attached hydrogen (secondary N) is 2. The summed E-state index contributed by atoms with van der Waals surface area (Å²) in [5, 5.41) is 17.8. The molecule has 1 amide bonds. The van der Waals surface area contributed by atoms with Gasteiger partial charge in [-0.25, -0.2) is 13.2 Å². The Balaban J connectivity index is 2.09. The smallest absolute Gasteiger partial charge is 0.408 e. The fourth-order valence-electron chi connectivity index (χ4n) is 4.77. The van der Waals surface area contributed by atoms with Gasteiger partial charge in [-0.1, -0.05) is 68.2 Å². The number of hydrogen-bond donors (Lipinski definition) is 2. The Labute approximate surface area is 223 Å². The number of nitriles is 1. The minimum Gasteiger partial charge on any atom is -0.430 e. The third kappa shape index (κ3) is 6.71. The lowest BCUT2D eigenvalue weighted by Gasteiger charge is -2.37. The van der Waals surface area contributed by atoms with Gasteiger partial charge in [-0.05, 0) is 47.2 Å². The van der Waals surface area contributed by atoms with Crippen molar-refractivity contribution < 1.29 is 17.9 Å². The number of hydrogen-bond acceptors (Lipinski definition) is 6. The standard InChI is InChI=1S/C26H31Cl2N3O4S/c1-25(2,3)15-21-26(16-29,18-8-10-19(27)11-9-18)22(17-6-5-7-20(28)14-17)23(31-21)35-24(32)30-12-13-36(4,33)34/h5-11,14,21-23,31H,12-13,15H2,1-4H3,(H,30,32)/t21-,22-,23+,26-/m0/s1. The molecule has 0 radical (unpaired) electrons. The predicted octanol–water partition coefficient (Wildman–Crippen LogP) is 5.04. The Bertz CT molecular complexity index is 1240. The maximum absolute atomic E-state index is 12.7. The lowest BCUT2D eigenvalue weighted by Crippen LogP contribution is -2.44. The predicted molar refractivity (Wildman–Crippen MR) is 142 cm³/mol. The summed E-state index contributed by atoms with van der Waals surface area (Å²) in [5.41, 5.74) is 0.194. The fraction of sp³-hybridized carbons (Fsp3) is 0.462. The molecule has 3 rings (SSSR count). The van der Waals surface area contributed by atoms with Gasteiger partial charge in [-0.15, -0.1) is 0 Å². The zero-order valence-electron chi connectivity index (χ0n) is 20.7. The maximum atomic E-state index is 12.7. The second-order valence-corrected chi connectivity index (χ2v) is 13.5. The molecule has 2 aromatic carbocycles. The minimum absolute atomic E-state index is 0.0851. The fourth-order valence-corrected chi connectivity index (χ4v) is 5.57. The molecule has 0 saturated carbocycles. The molecule has 0 spiro atoms. The monoisotopic (exact) mass is 551 g/mol.